The third-order valence-corrected chi connectivity index (χ3v) is 2.34. The second kappa shape index (κ2) is 6.40. The van der Waals surface area contributed by atoms with Gasteiger partial charge in [-0.1, -0.05) is 13.8 Å². The first-order chi connectivity index (χ1) is 7.24. The standard InChI is InChI=1S/C12H21N3/c1-4-15(10-9-14-11(2)3)12-5-7-13-8-6-12/h5-8,11,14H,4,9-10H2,1-3H3. The lowest BCUT2D eigenvalue weighted by Crippen LogP contribution is -2.34. The van der Waals surface area contributed by atoms with Gasteiger partial charge in [-0.3, -0.25) is 4.98 Å². The molecule has 1 N–H and O–H groups in total. The van der Waals surface area contributed by atoms with Crippen molar-refractivity contribution in [2.24, 2.45) is 0 Å². The van der Waals surface area contributed by atoms with E-state index in [-0.39, 0.29) is 0 Å². The molecule has 1 heterocycles. The molecule has 0 amide bonds. The fraction of sp³-hybridized carbons (Fsp3) is 0.583. The zero-order chi connectivity index (χ0) is 11.1. The van der Waals surface area contributed by atoms with E-state index in [9.17, 15) is 0 Å². The Morgan fingerprint density at radius 1 is 1.33 bits per heavy atom. The van der Waals surface area contributed by atoms with E-state index in [1.54, 1.807) is 0 Å². The molecule has 0 atom stereocenters. The molecule has 0 unspecified atom stereocenters. The van der Waals surface area contributed by atoms with Crippen molar-refractivity contribution in [2.75, 3.05) is 24.5 Å². The summed E-state index contributed by atoms with van der Waals surface area (Å²) in [5, 5.41) is 3.42. The van der Waals surface area contributed by atoms with Gasteiger partial charge in [0.25, 0.3) is 0 Å². The Labute approximate surface area is 92.5 Å². The van der Waals surface area contributed by atoms with Gasteiger partial charge in [0.1, 0.15) is 0 Å². The number of nitrogens with zero attached hydrogens (tertiary/aromatic N) is 2. The number of aromatic nitrogens is 1. The number of pyridine rings is 1. The van der Waals surface area contributed by atoms with Crippen LogP contribution in [0.2, 0.25) is 0 Å². The number of nitrogens with one attached hydrogen (secondary N) is 1. The first-order valence-corrected chi connectivity index (χ1v) is 5.62. The molecule has 0 saturated heterocycles. The molecule has 1 rings (SSSR count). The van der Waals surface area contributed by atoms with Crippen LogP contribution < -0.4 is 10.2 Å². The van der Waals surface area contributed by atoms with Gasteiger partial charge in [-0.25, -0.2) is 0 Å². The third-order valence-electron chi connectivity index (χ3n) is 2.34. The Hall–Kier alpha value is -1.09. The lowest BCUT2D eigenvalue weighted by atomic mass is 10.3. The van der Waals surface area contributed by atoms with Gasteiger partial charge in [0.15, 0.2) is 0 Å². The van der Waals surface area contributed by atoms with Crippen LogP contribution in [-0.4, -0.2) is 30.7 Å². The summed E-state index contributed by atoms with van der Waals surface area (Å²) < 4.78 is 0. The lowest BCUT2D eigenvalue weighted by molar-refractivity contribution is 0.583. The number of hydrogen-bond acceptors (Lipinski definition) is 3. The molecular weight excluding hydrogens is 186 g/mol. The van der Waals surface area contributed by atoms with Crippen LogP contribution in [-0.2, 0) is 0 Å². The lowest BCUT2D eigenvalue weighted by Gasteiger charge is -2.23. The van der Waals surface area contributed by atoms with Crippen LogP contribution in [0, 0.1) is 0 Å². The van der Waals surface area contributed by atoms with E-state index in [0.717, 1.165) is 19.6 Å². The number of anilines is 1. The SMILES string of the molecule is CCN(CCNC(C)C)c1ccncc1. The smallest absolute Gasteiger partial charge is 0.0397 e. The minimum absolute atomic E-state index is 0.557. The molecule has 0 radical (unpaired) electrons. The van der Waals surface area contributed by atoms with Crippen molar-refractivity contribution < 1.29 is 0 Å². The molecule has 0 aliphatic heterocycles. The molecule has 0 aliphatic rings. The highest BCUT2D eigenvalue weighted by Gasteiger charge is 2.02. The Morgan fingerprint density at radius 3 is 2.53 bits per heavy atom. The van der Waals surface area contributed by atoms with Gasteiger partial charge in [0.05, 0.1) is 0 Å². The fourth-order valence-electron chi connectivity index (χ4n) is 1.51. The van der Waals surface area contributed by atoms with Gasteiger partial charge in [0.2, 0.25) is 0 Å². The highest BCUT2D eigenvalue weighted by atomic mass is 15.1. The van der Waals surface area contributed by atoms with E-state index in [1.807, 2.05) is 12.4 Å². The van der Waals surface area contributed by atoms with Crippen molar-refractivity contribution in [1.29, 1.82) is 0 Å². The monoisotopic (exact) mass is 207 g/mol. The second-order valence-electron chi connectivity index (χ2n) is 3.89. The van der Waals surface area contributed by atoms with E-state index >= 15 is 0 Å². The molecule has 0 bridgehead atoms. The maximum atomic E-state index is 4.03. The summed E-state index contributed by atoms with van der Waals surface area (Å²) in [5.74, 6) is 0. The van der Waals surface area contributed by atoms with Crippen molar-refractivity contribution in [3.63, 3.8) is 0 Å². The molecule has 0 spiro atoms. The summed E-state index contributed by atoms with van der Waals surface area (Å²) >= 11 is 0. The summed E-state index contributed by atoms with van der Waals surface area (Å²) in [6.07, 6.45) is 3.68. The largest absolute Gasteiger partial charge is 0.370 e. The molecule has 0 saturated carbocycles. The van der Waals surface area contributed by atoms with Gasteiger partial charge < -0.3 is 10.2 Å². The normalized spacial score (nSPS) is 10.7. The first-order valence-electron chi connectivity index (χ1n) is 5.62. The van der Waals surface area contributed by atoms with E-state index in [0.29, 0.717) is 6.04 Å². The van der Waals surface area contributed by atoms with Crippen LogP contribution >= 0.6 is 0 Å². The quantitative estimate of drug-likeness (QED) is 0.772. The molecule has 3 nitrogen and oxygen atoms in total. The molecular formula is C12H21N3. The molecule has 0 aliphatic carbocycles. The van der Waals surface area contributed by atoms with Crippen LogP contribution in [0.5, 0.6) is 0 Å². The van der Waals surface area contributed by atoms with Gasteiger partial charge in [-0.05, 0) is 19.1 Å². The molecule has 3 heteroatoms. The van der Waals surface area contributed by atoms with E-state index < -0.39 is 0 Å². The topological polar surface area (TPSA) is 28.2 Å². The van der Waals surface area contributed by atoms with Crippen LogP contribution in [0.1, 0.15) is 20.8 Å². The van der Waals surface area contributed by atoms with Crippen LogP contribution in [0.15, 0.2) is 24.5 Å². The molecule has 0 aromatic carbocycles. The van der Waals surface area contributed by atoms with Crippen molar-refractivity contribution in [3.8, 4) is 0 Å². The molecule has 1 aromatic rings. The fourth-order valence-corrected chi connectivity index (χ4v) is 1.51. The highest BCUT2D eigenvalue weighted by molar-refractivity contribution is 5.44. The van der Waals surface area contributed by atoms with Crippen LogP contribution in [0.4, 0.5) is 5.69 Å². The maximum Gasteiger partial charge on any atom is 0.0397 e. The summed E-state index contributed by atoms with van der Waals surface area (Å²) in [6.45, 7) is 9.61. The Morgan fingerprint density at radius 2 is 2.00 bits per heavy atom. The first kappa shape index (κ1) is 12.0. The molecule has 15 heavy (non-hydrogen) atoms. The van der Waals surface area contributed by atoms with Crippen molar-refractivity contribution in [1.82, 2.24) is 10.3 Å². The zero-order valence-electron chi connectivity index (χ0n) is 9.90. The van der Waals surface area contributed by atoms with Gasteiger partial charge in [-0.15, -0.1) is 0 Å². The summed E-state index contributed by atoms with van der Waals surface area (Å²) in [4.78, 5) is 6.37. The number of rotatable bonds is 6. The van der Waals surface area contributed by atoms with Crippen molar-refractivity contribution in [2.45, 2.75) is 26.8 Å². The van der Waals surface area contributed by atoms with E-state index in [4.69, 9.17) is 0 Å². The minimum Gasteiger partial charge on any atom is -0.370 e. The zero-order valence-corrected chi connectivity index (χ0v) is 9.90. The second-order valence-corrected chi connectivity index (χ2v) is 3.89. The highest BCUT2D eigenvalue weighted by Crippen LogP contribution is 2.10. The summed E-state index contributed by atoms with van der Waals surface area (Å²) in [7, 11) is 0. The average Bonchev–Trinajstić information content (AvgIpc) is 2.25. The van der Waals surface area contributed by atoms with E-state index in [1.165, 1.54) is 5.69 Å². The van der Waals surface area contributed by atoms with Crippen molar-refractivity contribution in [3.05, 3.63) is 24.5 Å². The maximum absolute atomic E-state index is 4.03. The molecule has 0 fully saturated rings. The average molecular weight is 207 g/mol. The predicted molar refractivity (Wildman–Crippen MR) is 65.3 cm³/mol. The number of hydrogen-bond donors (Lipinski definition) is 1. The Kier molecular flexibility index (Phi) is 5.12. The van der Waals surface area contributed by atoms with Crippen LogP contribution in [0.25, 0.3) is 0 Å². The van der Waals surface area contributed by atoms with Gasteiger partial charge in [0, 0.05) is 43.8 Å². The molecule has 1 aromatic heterocycles. The Bertz CT molecular complexity index is 259. The predicted octanol–water partition coefficient (Wildman–Crippen LogP) is 1.91. The summed E-state index contributed by atoms with van der Waals surface area (Å²) in [6, 6.07) is 4.67. The Balaban J connectivity index is 2.43. The van der Waals surface area contributed by atoms with Crippen LogP contribution in [0.3, 0.4) is 0 Å². The van der Waals surface area contributed by atoms with Gasteiger partial charge >= 0.3 is 0 Å². The number of likely N-dealkylation sites (N-methyl/N-ethyl adjacent to an activating group) is 1. The van der Waals surface area contributed by atoms with Gasteiger partial charge in [-0.2, -0.15) is 0 Å². The third kappa shape index (κ3) is 4.30. The summed E-state index contributed by atoms with van der Waals surface area (Å²) in [5.41, 5.74) is 1.25. The van der Waals surface area contributed by atoms with Crippen molar-refractivity contribution >= 4 is 5.69 Å². The van der Waals surface area contributed by atoms with E-state index in [2.05, 4.69) is 48.1 Å². The minimum atomic E-state index is 0.557. The molecule has 84 valence electrons.